The van der Waals surface area contributed by atoms with Gasteiger partial charge in [-0.3, -0.25) is 4.98 Å². The second kappa shape index (κ2) is 6.35. The van der Waals surface area contributed by atoms with Crippen LogP contribution in [0.25, 0.3) is 0 Å². The number of carbonyl (C=O) groups excluding carboxylic acids is 1. The number of pyridine rings is 1. The molecule has 3 rings (SSSR count). The Morgan fingerprint density at radius 1 is 1.28 bits per heavy atom. The normalized spacial score (nSPS) is 22.3. The van der Waals surface area contributed by atoms with Crippen LogP contribution in [-0.4, -0.2) is 36.1 Å². The van der Waals surface area contributed by atoms with Gasteiger partial charge in [-0.1, -0.05) is 0 Å². The van der Waals surface area contributed by atoms with E-state index in [2.05, 4.69) is 10.3 Å². The maximum atomic E-state index is 12.5. The summed E-state index contributed by atoms with van der Waals surface area (Å²) in [5.74, 6) is -0.107. The Morgan fingerprint density at radius 2 is 1.96 bits per heavy atom. The van der Waals surface area contributed by atoms with Crippen molar-refractivity contribution in [3.05, 3.63) is 52.6 Å². The minimum atomic E-state index is -0.366. The Balaban J connectivity index is 2.18. The zero-order valence-electron chi connectivity index (χ0n) is 15.2. The molecule has 0 amide bonds. The number of hydrogen-bond acceptors (Lipinski definition) is 6. The summed E-state index contributed by atoms with van der Waals surface area (Å²) in [7, 11) is 1.39. The van der Waals surface area contributed by atoms with Crippen molar-refractivity contribution in [2.75, 3.05) is 13.7 Å². The van der Waals surface area contributed by atoms with E-state index in [9.17, 15) is 4.79 Å². The van der Waals surface area contributed by atoms with Crippen LogP contribution in [0.1, 0.15) is 39.2 Å². The highest BCUT2D eigenvalue weighted by molar-refractivity contribution is 6.02. The molecule has 1 unspecified atom stereocenters. The molecule has 25 heavy (non-hydrogen) atoms. The zero-order chi connectivity index (χ0) is 18.2. The highest BCUT2D eigenvalue weighted by Gasteiger charge is 2.39. The molecule has 2 aliphatic heterocycles. The average molecular weight is 341 g/mol. The number of hydrogen-bond donors (Lipinski definition) is 1. The standard InChI is InChI=1S/C19H23N3O3/c1-11-14(17-22-19(3,4)10-25-17)16(13-6-8-20-9-7-13)15(12(2)21-11)18(23)24-5/h6-9,16,21H,10H2,1-5H3. The quantitative estimate of drug-likeness (QED) is 0.856. The number of dihydropyridines is 1. The van der Waals surface area contributed by atoms with Crippen LogP contribution in [0.15, 0.2) is 52.1 Å². The first-order valence-corrected chi connectivity index (χ1v) is 8.24. The predicted molar refractivity (Wildman–Crippen MR) is 95.0 cm³/mol. The number of methoxy groups -OCH3 is 1. The van der Waals surface area contributed by atoms with Crippen LogP contribution in [0.3, 0.4) is 0 Å². The van der Waals surface area contributed by atoms with E-state index in [1.165, 1.54) is 7.11 Å². The van der Waals surface area contributed by atoms with Crippen molar-refractivity contribution in [1.82, 2.24) is 10.3 Å². The second-order valence-corrected chi connectivity index (χ2v) is 6.93. The third-order valence-corrected chi connectivity index (χ3v) is 4.40. The van der Waals surface area contributed by atoms with Crippen LogP contribution < -0.4 is 5.32 Å². The first kappa shape index (κ1) is 17.2. The number of carbonyl (C=O) groups is 1. The van der Waals surface area contributed by atoms with Gasteiger partial charge in [0.05, 0.1) is 24.1 Å². The van der Waals surface area contributed by atoms with Crippen molar-refractivity contribution in [2.45, 2.75) is 39.2 Å². The van der Waals surface area contributed by atoms with E-state index >= 15 is 0 Å². The van der Waals surface area contributed by atoms with Crippen LogP contribution in [0, 0.1) is 0 Å². The fourth-order valence-electron chi connectivity index (χ4n) is 3.27. The molecular formula is C19H23N3O3. The Hall–Kier alpha value is -2.63. The summed E-state index contributed by atoms with van der Waals surface area (Å²) < 4.78 is 10.9. The predicted octanol–water partition coefficient (Wildman–Crippen LogP) is 2.70. The molecule has 6 heteroatoms. The fraction of sp³-hybridized carbons (Fsp3) is 0.421. The molecule has 0 saturated carbocycles. The number of rotatable bonds is 3. The number of nitrogens with zero attached hydrogens (tertiary/aromatic N) is 2. The highest BCUT2D eigenvalue weighted by Crippen LogP contribution is 2.40. The van der Waals surface area contributed by atoms with E-state index < -0.39 is 0 Å². The molecule has 0 saturated heterocycles. The summed E-state index contributed by atoms with van der Waals surface area (Å²) in [6.07, 6.45) is 3.44. The van der Waals surface area contributed by atoms with Crippen LogP contribution in [0.5, 0.6) is 0 Å². The molecule has 0 fully saturated rings. The topological polar surface area (TPSA) is 72.8 Å². The molecule has 0 radical (unpaired) electrons. The average Bonchev–Trinajstić information content (AvgIpc) is 2.93. The van der Waals surface area contributed by atoms with Crippen molar-refractivity contribution < 1.29 is 14.3 Å². The number of nitrogens with one attached hydrogen (secondary N) is 1. The number of aliphatic imine (C=N–C) groups is 1. The van der Waals surface area contributed by atoms with Gasteiger partial charge in [0.2, 0.25) is 5.90 Å². The zero-order valence-corrected chi connectivity index (χ0v) is 15.2. The van der Waals surface area contributed by atoms with E-state index in [1.54, 1.807) is 12.4 Å². The third-order valence-electron chi connectivity index (χ3n) is 4.40. The summed E-state index contributed by atoms with van der Waals surface area (Å²) >= 11 is 0. The summed E-state index contributed by atoms with van der Waals surface area (Å²) in [5.41, 5.74) is 3.78. The van der Waals surface area contributed by atoms with Gasteiger partial charge in [-0.2, -0.15) is 0 Å². The fourth-order valence-corrected chi connectivity index (χ4v) is 3.27. The van der Waals surface area contributed by atoms with E-state index in [0.29, 0.717) is 18.1 Å². The molecular weight excluding hydrogens is 318 g/mol. The van der Waals surface area contributed by atoms with Gasteiger partial charge < -0.3 is 14.8 Å². The van der Waals surface area contributed by atoms with Gasteiger partial charge in [-0.05, 0) is 45.4 Å². The number of ether oxygens (including phenoxy) is 2. The van der Waals surface area contributed by atoms with Crippen LogP contribution in [0.4, 0.5) is 0 Å². The first-order valence-electron chi connectivity index (χ1n) is 8.24. The molecule has 1 N–H and O–H groups in total. The van der Waals surface area contributed by atoms with Gasteiger partial charge in [-0.25, -0.2) is 9.79 Å². The molecule has 0 aromatic carbocycles. The second-order valence-electron chi connectivity index (χ2n) is 6.93. The lowest BCUT2D eigenvalue weighted by atomic mass is 9.80. The van der Waals surface area contributed by atoms with E-state index in [4.69, 9.17) is 14.5 Å². The van der Waals surface area contributed by atoms with Crippen molar-refractivity contribution in [2.24, 2.45) is 4.99 Å². The number of esters is 1. The maximum Gasteiger partial charge on any atom is 0.336 e. The Kier molecular flexibility index (Phi) is 4.37. The summed E-state index contributed by atoms with van der Waals surface area (Å²) in [6, 6.07) is 3.81. The lowest BCUT2D eigenvalue weighted by molar-refractivity contribution is -0.136. The lowest BCUT2D eigenvalue weighted by Gasteiger charge is -2.30. The van der Waals surface area contributed by atoms with Gasteiger partial charge >= 0.3 is 5.97 Å². The van der Waals surface area contributed by atoms with Gasteiger partial charge in [0.25, 0.3) is 0 Å². The van der Waals surface area contributed by atoms with Crippen molar-refractivity contribution >= 4 is 11.9 Å². The molecule has 132 valence electrons. The Morgan fingerprint density at radius 3 is 2.52 bits per heavy atom. The summed E-state index contributed by atoms with van der Waals surface area (Å²) in [4.78, 5) is 21.3. The monoisotopic (exact) mass is 341 g/mol. The highest BCUT2D eigenvalue weighted by atomic mass is 16.5. The van der Waals surface area contributed by atoms with E-state index in [-0.39, 0.29) is 17.4 Å². The molecule has 1 aromatic rings. The van der Waals surface area contributed by atoms with Crippen LogP contribution >= 0.6 is 0 Å². The van der Waals surface area contributed by atoms with Crippen molar-refractivity contribution in [3.8, 4) is 0 Å². The minimum absolute atomic E-state index is 0.285. The third kappa shape index (κ3) is 3.16. The van der Waals surface area contributed by atoms with Gasteiger partial charge in [0.1, 0.15) is 6.61 Å². The molecule has 0 bridgehead atoms. The van der Waals surface area contributed by atoms with E-state index in [1.807, 2.05) is 39.8 Å². The molecule has 0 spiro atoms. The van der Waals surface area contributed by atoms with Crippen LogP contribution in [-0.2, 0) is 14.3 Å². The van der Waals surface area contributed by atoms with Crippen LogP contribution in [0.2, 0.25) is 0 Å². The summed E-state index contributed by atoms with van der Waals surface area (Å²) in [5, 5.41) is 3.28. The Labute approximate surface area is 147 Å². The SMILES string of the molecule is COC(=O)C1=C(C)NC(C)=C(C2=NC(C)(C)CO2)C1c1ccncc1. The molecule has 1 atom stereocenters. The largest absolute Gasteiger partial charge is 0.475 e. The summed E-state index contributed by atoms with van der Waals surface area (Å²) in [6.45, 7) is 8.41. The van der Waals surface area contributed by atoms with E-state index in [0.717, 1.165) is 22.5 Å². The Bertz CT molecular complexity index is 791. The molecule has 2 aliphatic rings. The first-order chi connectivity index (χ1) is 11.8. The molecule has 0 aliphatic carbocycles. The maximum absolute atomic E-state index is 12.5. The lowest BCUT2D eigenvalue weighted by Crippen LogP contribution is -2.31. The molecule has 3 heterocycles. The van der Waals surface area contributed by atoms with Crippen molar-refractivity contribution in [3.63, 3.8) is 0 Å². The molecule has 6 nitrogen and oxygen atoms in total. The van der Waals surface area contributed by atoms with Gasteiger partial charge in [-0.15, -0.1) is 0 Å². The van der Waals surface area contributed by atoms with Gasteiger partial charge in [0, 0.05) is 29.4 Å². The molecule has 1 aromatic heterocycles. The van der Waals surface area contributed by atoms with Gasteiger partial charge in [0.15, 0.2) is 0 Å². The minimum Gasteiger partial charge on any atom is -0.475 e. The van der Waals surface area contributed by atoms with Crippen molar-refractivity contribution in [1.29, 1.82) is 0 Å². The smallest absolute Gasteiger partial charge is 0.336 e. The number of aromatic nitrogens is 1. The number of allylic oxidation sites excluding steroid dienone is 2.